The number of rotatable bonds is 10. The molecule has 0 saturated carbocycles. The van der Waals surface area contributed by atoms with Gasteiger partial charge in [0.1, 0.15) is 36.2 Å². The number of ether oxygens (including phenoxy) is 1. The predicted octanol–water partition coefficient (Wildman–Crippen LogP) is 9.28. The lowest BCUT2D eigenvalue weighted by atomic mass is 10.0. The molecule has 4 amide bonds. The largest absolute Gasteiger partial charge is 0.465 e. The Morgan fingerprint density at radius 1 is 0.721 bits per heavy atom. The van der Waals surface area contributed by atoms with Crippen LogP contribution in [0.1, 0.15) is 146 Å². The highest BCUT2D eigenvalue weighted by Gasteiger charge is 2.39. The van der Waals surface area contributed by atoms with Crippen LogP contribution in [0.15, 0.2) is 54.6 Å². The Morgan fingerprint density at radius 2 is 1.28 bits per heavy atom. The van der Waals surface area contributed by atoms with Gasteiger partial charge in [-0.15, -0.1) is 0 Å². The molecule has 4 saturated heterocycles. The van der Waals surface area contributed by atoms with Crippen LogP contribution in [0.25, 0.3) is 22.1 Å². The highest BCUT2D eigenvalue weighted by molar-refractivity contribution is 5.84. The summed E-state index contributed by atoms with van der Waals surface area (Å²) in [7, 11) is 0. The highest BCUT2D eigenvalue weighted by Crippen LogP contribution is 2.48. The zero-order valence-corrected chi connectivity index (χ0v) is 40.1. The summed E-state index contributed by atoms with van der Waals surface area (Å²) in [4.78, 5) is 77.7. The second-order valence-electron chi connectivity index (χ2n) is 20.9. The van der Waals surface area contributed by atoms with Gasteiger partial charge in [-0.2, -0.15) is 0 Å². The van der Waals surface area contributed by atoms with Crippen molar-refractivity contribution in [1.29, 1.82) is 0 Å². The molecule has 4 atom stereocenters. The summed E-state index contributed by atoms with van der Waals surface area (Å²) in [5.74, 6) is 0.676. The number of hydrogen-bond acceptors (Lipinski definition) is 9. The van der Waals surface area contributed by atoms with Crippen molar-refractivity contribution in [2.75, 3.05) is 49.1 Å². The predicted molar refractivity (Wildman–Crippen MR) is 258 cm³/mol. The zero-order chi connectivity index (χ0) is 48.1. The Morgan fingerprint density at radius 3 is 1.79 bits per heavy atom. The zero-order valence-electron chi connectivity index (χ0n) is 40.1. The van der Waals surface area contributed by atoms with Gasteiger partial charge in [-0.05, 0) is 153 Å². The topological polar surface area (TPSA) is 183 Å². The third-order valence-corrected chi connectivity index (χ3v) is 14.0. The van der Waals surface area contributed by atoms with E-state index in [-0.39, 0.29) is 54.9 Å². The molecule has 4 fully saturated rings. The fourth-order valence-electron chi connectivity index (χ4n) is 10.8. The number of alkyl carbamates (subject to hydrolysis) is 1. The Kier molecular flexibility index (Phi) is 12.8. The maximum Gasteiger partial charge on any atom is 0.408 e. The number of carbonyl (C=O) groups excluding carboxylic acids is 3. The standard InChI is InChI=1S/C51H65FN10O6/c1-50(2,3)61(49(66)67)30-45(64)60-25-11-13-43(60)47-55-36-18-15-32(27-38(36)57-47)40-21-20-39(62(40)33-16-19-41(34(52)28-33)58-22-8-7-9-23-58)31-14-17-35-37(26-31)56-46(54-35)42-12-10-24-59(42)44(63)29-53-48(65)68-51(4,5)6/h14-19,26-28,39-40,42-43H,7-13,20-25,29-30H2,1-6H3,(H,53,65)(H,54,56)(H,55,57)(H,66,67)/t39-,40-,42-,43-/m0/s1. The van der Waals surface area contributed by atoms with Crippen LogP contribution in [0, 0.1) is 5.82 Å². The van der Waals surface area contributed by atoms with Crippen molar-refractivity contribution < 1.29 is 33.4 Å². The smallest absolute Gasteiger partial charge is 0.408 e. The van der Waals surface area contributed by atoms with Crippen LogP contribution in [-0.2, 0) is 14.3 Å². The number of likely N-dealkylation sites (tertiary alicyclic amines) is 2. The number of aromatic amines is 2. The molecule has 0 bridgehead atoms. The molecule has 5 aromatic rings. The first-order valence-electron chi connectivity index (χ1n) is 24.3. The van der Waals surface area contributed by atoms with Gasteiger partial charge < -0.3 is 44.7 Å². The van der Waals surface area contributed by atoms with Crippen LogP contribution >= 0.6 is 0 Å². The van der Waals surface area contributed by atoms with Crippen molar-refractivity contribution in [2.45, 2.75) is 135 Å². The average Bonchev–Trinajstić information content (AvgIpc) is 4.14. The molecule has 17 heteroatoms. The van der Waals surface area contributed by atoms with Crippen molar-refractivity contribution in [1.82, 2.24) is 40.0 Å². The van der Waals surface area contributed by atoms with Gasteiger partial charge in [-0.1, -0.05) is 12.1 Å². The van der Waals surface area contributed by atoms with E-state index < -0.39 is 23.3 Å². The summed E-state index contributed by atoms with van der Waals surface area (Å²) in [6.45, 7) is 13.0. The summed E-state index contributed by atoms with van der Waals surface area (Å²) < 4.78 is 21.7. The third kappa shape index (κ3) is 9.66. The van der Waals surface area contributed by atoms with Crippen LogP contribution < -0.4 is 15.1 Å². The Bertz CT molecular complexity index is 2700. The number of amides is 4. The molecule has 362 valence electrons. The number of benzene rings is 3. The minimum atomic E-state index is -1.13. The molecular weight excluding hydrogens is 868 g/mol. The summed E-state index contributed by atoms with van der Waals surface area (Å²) in [5.41, 5.74) is 5.31. The van der Waals surface area contributed by atoms with Gasteiger partial charge in [-0.3, -0.25) is 14.5 Å². The van der Waals surface area contributed by atoms with Crippen LogP contribution in [0.4, 0.5) is 25.4 Å². The maximum atomic E-state index is 16.4. The molecule has 68 heavy (non-hydrogen) atoms. The van der Waals surface area contributed by atoms with E-state index in [2.05, 4.69) is 55.4 Å². The molecule has 0 spiro atoms. The van der Waals surface area contributed by atoms with E-state index in [1.54, 1.807) is 57.4 Å². The molecule has 9 rings (SSSR count). The van der Waals surface area contributed by atoms with E-state index in [1.807, 2.05) is 18.2 Å². The monoisotopic (exact) mass is 933 g/mol. The molecule has 6 heterocycles. The number of nitrogens with one attached hydrogen (secondary N) is 3. The minimum Gasteiger partial charge on any atom is -0.465 e. The van der Waals surface area contributed by atoms with E-state index >= 15 is 4.39 Å². The first-order chi connectivity index (χ1) is 32.4. The maximum absolute atomic E-state index is 16.4. The number of aromatic nitrogens is 4. The van der Waals surface area contributed by atoms with Crippen molar-refractivity contribution in [2.24, 2.45) is 0 Å². The first kappa shape index (κ1) is 46.7. The van der Waals surface area contributed by atoms with E-state index in [9.17, 15) is 24.3 Å². The molecule has 4 aliphatic heterocycles. The second-order valence-corrected chi connectivity index (χ2v) is 20.9. The number of carboxylic acid groups (broad SMARTS) is 1. The van der Waals surface area contributed by atoms with Gasteiger partial charge in [0.15, 0.2) is 0 Å². The number of nitrogens with zero attached hydrogens (tertiary/aromatic N) is 7. The van der Waals surface area contributed by atoms with E-state index in [4.69, 9.17) is 14.7 Å². The number of H-pyrrole nitrogens is 2. The fourth-order valence-corrected chi connectivity index (χ4v) is 10.8. The number of hydrogen-bond donors (Lipinski definition) is 4. The molecule has 0 unspecified atom stereocenters. The number of imidazole rings is 2. The van der Waals surface area contributed by atoms with Gasteiger partial charge in [0.25, 0.3) is 0 Å². The Hall–Kier alpha value is -6.39. The van der Waals surface area contributed by atoms with Gasteiger partial charge in [0.05, 0.1) is 51.9 Å². The normalized spacial score (nSPS) is 21.3. The summed E-state index contributed by atoms with van der Waals surface area (Å²) in [5, 5.41) is 12.5. The second kappa shape index (κ2) is 18.6. The van der Waals surface area contributed by atoms with Crippen LogP contribution in [-0.4, -0.2) is 114 Å². The Labute approximate surface area is 396 Å². The molecule has 3 aromatic carbocycles. The van der Waals surface area contributed by atoms with Crippen LogP contribution in [0.3, 0.4) is 0 Å². The quantitative estimate of drug-likeness (QED) is 0.105. The number of anilines is 2. The lowest BCUT2D eigenvalue weighted by Gasteiger charge is -2.34. The Balaban J connectivity index is 0.993. The summed E-state index contributed by atoms with van der Waals surface area (Å²) in [6.07, 6.45) is 6.11. The van der Waals surface area contributed by atoms with E-state index in [0.717, 1.165) is 103 Å². The third-order valence-electron chi connectivity index (χ3n) is 14.0. The summed E-state index contributed by atoms with van der Waals surface area (Å²) >= 11 is 0. The average molecular weight is 933 g/mol. The van der Waals surface area contributed by atoms with Gasteiger partial charge in [-0.25, -0.2) is 23.9 Å². The molecule has 4 N–H and O–H groups in total. The van der Waals surface area contributed by atoms with Crippen molar-refractivity contribution in [3.05, 3.63) is 83.2 Å². The van der Waals surface area contributed by atoms with E-state index in [0.29, 0.717) is 36.8 Å². The van der Waals surface area contributed by atoms with Gasteiger partial charge in [0, 0.05) is 37.4 Å². The number of halogens is 1. The molecule has 0 radical (unpaired) electrons. The minimum absolute atomic E-state index is 0.116. The van der Waals surface area contributed by atoms with Crippen molar-refractivity contribution >= 4 is 57.4 Å². The molecule has 2 aromatic heterocycles. The van der Waals surface area contributed by atoms with Crippen LogP contribution in [0.2, 0.25) is 0 Å². The number of fused-ring (bicyclic) bond motifs is 2. The molecule has 4 aliphatic rings. The number of carbonyl (C=O) groups is 4. The van der Waals surface area contributed by atoms with Crippen LogP contribution in [0.5, 0.6) is 0 Å². The van der Waals surface area contributed by atoms with E-state index in [1.165, 1.54) is 4.90 Å². The van der Waals surface area contributed by atoms with Gasteiger partial charge in [0.2, 0.25) is 11.8 Å². The molecule has 0 aliphatic carbocycles. The highest BCUT2D eigenvalue weighted by atomic mass is 19.1. The van der Waals surface area contributed by atoms with Gasteiger partial charge >= 0.3 is 12.2 Å². The number of piperidine rings is 1. The first-order valence-corrected chi connectivity index (χ1v) is 24.3. The lowest BCUT2D eigenvalue weighted by Crippen LogP contribution is -2.50. The molecular formula is C51H65FN10O6. The van der Waals surface area contributed by atoms with Crippen molar-refractivity contribution in [3.8, 4) is 0 Å². The molecule has 16 nitrogen and oxygen atoms in total. The SMILES string of the molecule is CC(C)(C)OC(=O)NCC(=O)N1CCC[C@H]1c1nc2cc([C@@H]3CC[C@@H](c4ccc5[nH]c([C@@H]6CCCN6C(=O)CN(C(=O)O)C(C)(C)C)nc5c4)N3c3ccc(N4CCCCC4)c(F)c3)ccc2[nH]1. The van der Waals surface area contributed by atoms with Crippen molar-refractivity contribution in [3.63, 3.8) is 0 Å². The fraction of sp³-hybridized carbons (Fsp3) is 0.529. The summed E-state index contributed by atoms with van der Waals surface area (Å²) in [6, 6.07) is 17.3. The lowest BCUT2D eigenvalue weighted by molar-refractivity contribution is -0.134.